The Balaban J connectivity index is 1.87. The third kappa shape index (κ3) is 2.93. The van der Waals surface area contributed by atoms with Gasteiger partial charge in [0.1, 0.15) is 6.17 Å². The van der Waals surface area contributed by atoms with Crippen LogP contribution in [0.3, 0.4) is 0 Å². The lowest BCUT2D eigenvalue weighted by Crippen LogP contribution is -2.49. The van der Waals surface area contributed by atoms with E-state index >= 15 is 0 Å². The highest BCUT2D eigenvalue weighted by Gasteiger charge is 2.41. The molecule has 2 fully saturated rings. The normalized spacial score (nSPS) is 30.9. The standard InChI is InChI=1S/C16H22ClN3O/c1-11-16(21)20(14-4-3-9-19(2)10-14)15(18-11)12-5-7-13(17)8-6-12/h5-8,11,14-15,18H,3-4,9-10H2,1-2H3. The number of likely N-dealkylation sites (tertiary alicyclic amines) is 1. The van der Waals surface area contributed by atoms with Gasteiger partial charge in [-0.25, -0.2) is 0 Å². The predicted molar refractivity (Wildman–Crippen MR) is 84.2 cm³/mol. The minimum Gasteiger partial charge on any atom is -0.317 e. The van der Waals surface area contributed by atoms with Gasteiger partial charge in [-0.15, -0.1) is 0 Å². The number of carbonyl (C=O) groups is 1. The number of rotatable bonds is 2. The molecule has 3 atom stereocenters. The zero-order chi connectivity index (χ0) is 15.0. The molecule has 0 saturated carbocycles. The first kappa shape index (κ1) is 14.8. The lowest BCUT2D eigenvalue weighted by atomic mass is 10.0. The van der Waals surface area contributed by atoms with Crippen LogP contribution in [0.1, 0.15) is 31.5 Å². The Morgan fingerprint density at radius 1 is 1.29 bits per heavy atom. The number of hydrogen-bond donors (Lipinski definition) is 1. The van der Waals surface area contributed by atoms with Gasteiger partial charge >= 0.3 is 0 Å². The molecule has 0 radical (unpaired) electrons. The third-order valence-electron chi connectivity index (χ3n) is 4.49. The molecule has 0 aliphatic carbocycles. The minimum absolute atomic E-state index is 0.0405. The number of piperidine rings is 1. The summed E-state index contributed by atoms with van der Waals surface area (Å²) in [5.74, 6) is 0.204. The first-order chi connectivity index (χ1) is 10.1. The van der Waals surface area contributed by atoms with Crippen LogP contribution in [0.25, 0.3) is 0 Å². The maximum absolute atomic E-state index is 12.6. The molecule has 1 N–H and O–H groups in total. The SMILES string of the molecule is CC1NC(c2ccc(Cl)cc2)N(C2CCCN(C)C2)C1=O. The Morgan fingerprint density at radius 3 is 2.67 bits per heavy atom. The van der Waals surface area contributed by atoms with E-state index in [-0.39, 0.29) is 24.2 Å². The van der Waals surface area contributed by atoms with Crippen molar-refractivity contribution < 1.29 is 4.79 Å². The summed E-state index contributed by atoms with van der Waals surface area (Å²) < 4.78 is 0. The second-order valence-electron chi connectivity index (χ2n) is 6.15. The Morgan fingerprint density at radius 2 is 2.00 bits per heavy atom. The van der Waals surface area contributed by atoms with Gasteiger partial charge in [0.25, 0.3) is 0 Å². The van der Waals surface area contributed by atoms with Gasteiger partial charge in [0, 0.05) is 17.6 Å². The van der Waals surface area contributed by atoms with Crippen molar-refractivity contribution in [2.75, 3.05) is 20.1 Å². The van der Waals surface area contributed by atoms with Gasteiger partial charge in [0.2, 0.25) is 5.91 Å². The molecule has 0 bridgehead atoms. The molecule has 1 aromatic rings. The van der Waals surface area contributed by atoms with Gasteiger partial charge < -0.3 is 9.80 Å². The van der Waals surface area contributed by atoms with Crippen molar-refractivity contribution in [2.45, 2.75) is 38.0 Å². The van der Waals surface area contributed by atoms with Crippen LogP contribution in [0.5, 0.6) is 0 Å². The third-order valence-corrected chi connectivity index (χ3v) is 4.74. The molecular weight excluding hydrogens is 286 g/mol. The molecule has 1 aromatic carbocycles. The summed E-state index contributed by atoms with van der Waals surface area (Å²) in [4.78, 5) is 16.9. The van der Waals surface area contributed by atoms with Crippen molar-refractivity contribution in [3.05, 3.63) is 34.9 Å². The monoisotopic (exact) mass is 307 g/mol. The lowest BCUT2D eigenvalue weighted by Gasteiger charge is -2.38. The van der Waals surface area contributed by atoms with Crippen LogP contribution in [0.15, 0.2) is 24.3 Å². The lowest BCUT2D eigenvalue weighted by molar-refractivity contribution is -0.133. The van der Waals surface area contributed by atoms with E-state index < -0.39 is 0 Å². The smallest absolute Gasteiger partial charge is 0.241 e. The number of carbonyl (C=O) groups excluding carboxylic acids is 1. The molecule has 2 saturated heterocycles. The Hall–Kier alpha value is -1.10. The molecule has 5 heteroatoms. The summed E-state index contributed by atoms with van der Waals surface area (Å²) in [7, 11) is 2.13. The average Bonchev–Trinajstić information content (AvgIpc) is 2.76. The van der Waals surface area contributed by atoms with E-state index in [2.05, 4.69) is 17.3 Å². The highest BCUT2D eigenvalue weighted by molar-refractivity contribution is 6.30. The van der Waals surface area contributed by atoms with Gasteiger partial charge in [0.15, 0.2) is 0 Å². The number of halogens is 1. The van der Waals surface area contributed by atoms with Crippen molar-refractivity contribution in [3.8, 4) is 0 Å². The van der Waals surface area contributed by atoms with Crippen LogP contribution in [-0.2, 0) is 4.79 Å². The van der Waals surface area contributed by atoms with Gasteiger partial charge in [-0.2, -0.15) is 0 Å². The van der Waals surface area contributed by atoms with Gasteiger partial charge in [-0.3, -0.25) is 10.1 Å². The van der Waals surface area contributed by atoms with Crippen LogP contribution in [0.4, 0.5) is 0 Å². The Bertz CT molecular complexity index is 519. The summed E-state index contributed by atoms with van der Waals surface area (Å²) in [6, 6.07) is 7.94. The van der Waals surface area contributed by atoms with Gasteiger partial charge in [-0.05, 0) is 51.1 Å². The number of nitrogens with one attached hydrogen (secondary N) is 1. The molecule has 2 aliphatic rings. The maximum Gasteiger partial charge on any atom is 0.241 e. The van der Waals surface area contributed by atoms with E-state index in [4.69, 9.17) is 11.6 Å². The van der Waals surface area contributed by atoms with Crippen molar-refractivity contribution in [3.63, 3.8) is 0 Å². The van der Waals surface area contributed by atoms with E-state index in [9.17, 15) is 4.79 Å². The summed E-state index contributed by atoms with van der Waals surface area (Å²) in [6.45, 7) is 4.01. The average molecular weight is 308 g/mol. The fraction of sp³-hybridized carbons (Fsp3) is 0.562. The minimum atomic E-state index is -0.127. The van der Waals surface area contributed by atoms with E-state index in [1.54, 1.807) is 0 Å². The molecule has 3 rings (SSSR count). The topological polar surface area (TPSA) is 35.6 Å². The van der Waals surface area contributed by atoms with E-state index in [0.717, 1.165) is 36.5 Å². The van der Waals surface area contributed by atoms with Crippen LogP contribution in [0, 0.1) is 0 Å². The molecule has 4 nitrogen and oxygen atoms in total. The number of nitrogens with zero attached hydrogens (tertiary/aromatic N) is 2. The fourth-order valence-electron chi connectivity index (χ4n) is 3.40. The Labute approximate surface area is 131 Å². The molecule has 0 aromatic heterocycles. The van der Waals surface area contributed by atoms with Crippen molar-refractivity contribution in [2.24, 2.45) is 0 Å². The summed E-state index contributed by atoms with van der Waals surface area (Å²) in [6.07, 6.45) is 2.18. The van der Waals surface area contributed by atoms with Crippen molar-refractivity contribution in [1.29, 1.82) is 0 Å². The maximum atomic E-state index is 12.6. The van der Waals surface area contributed by atoms with Crippen LogP contribution in [0.2, 0.25) is 5.02 Å². The Kier molecular flexibility index (Phi) is 4.20. The summed E-state index contributed by atoms with van der Waals surface area (Å²) in [5, 5.41) is 4.14. The molecule has 3 unspecified atom stereocenters. The number of hydrogen-bond acceptors (Lipinski definition) is 3. The fourth-order valence-corrected chi connectivity index (χ4v) is 3.52. The summed E-state index contributed by atoms with van der Waals surface area (Å²) >= 11 is 5.97. The molecule has 114 valence electrons. The zero-order valence-electron chi connectivity index (χ0n) is 12.6. The van der Waals surface area contributed by atoms with E-state index in [1.165, 1.54) is 0 Å². The molecule has 2 heterocycles. The van der Waals surface area contributed by atoms with Crippen LogP contribution < -0.4 is 5.32 Å². The first-order valence-corrected chi connectivity index (χ1v) is 7.96. The molecule has 21 heavy (non-hydrogen) atoms. The number of benzene rings is 1. The zero-order valence-corrected chi connectivity index (χ0v) is 13.3. The predicted octanol–water partition coefficient (Wildman–Crippen LogP) is 2.25. The van der Waals surface area contributed by atoms with E-state index in [1.807, 2.05) is 36.1 Å². The highest BCUT2D eigenvalue weighted by atomic mass is 35.5. The number of amides is 1. The van der Waals surface area contributed by atoms with Crippen LogP contribution >= 0.6 is 11.6 Å². The first-order valence-electron chi connectivity index (χ1n) is 7.58. The van der Waals surface area contributed by atoms with Gasteiger partial charge in [0.05, 0.1) is 6.04 Å². The highest BCUT2D eigenvalue weighted by Crippen LogP contribution is 2.31. The number of likely N-dealkylation sites (N-methyl/N-ethyl adjacent to an activating group) is 1. The van der Waals surface area contributed by atoms with Crippen molar-refractivity contribution >= 4 is 17.5 Å². The summed E-state index contributed by atoms with van der Waals surface area (Å²) in [5.41, 5.74) is 1.10. The molecule has 0 spiro atoms. The molecule has 1 amide bonds. The molecular formula is C16H22ClN3O. The second-order valence-corrected chi connectivity index (χ2v) is 6.58. The van der Waals surface area contributed by atoms with E-state index in [0.29, 0.717) is 0 Å². The van der Waals surface area contributed by atoms with Crippen molar-refractivity contribution in [1.82, 2.24) is 15.1 Å². The largest absolute Gasteiger partial charge is 0.317 e. The quantitative estimate of drug-likeness (QED) is 0.910. The second kappa shape index (κ2) is 5.95. The molecule has 2 aliphatic heterocycles. The van der Waals surface area contributed by atoms with Gasteiger partial charge in [-0.1, -0.05) is 23.7 Å². The van der Waals surface area contributed by atoms with Crippen LogP contribution in [-0.4, -0.2) is 47.9 Å².